The second kappa shape index (κ2) is 13.8. The van der Waals surface area contributed by atoms with Crippen LogP contribution in [0.5, 0.6) is 5.75 Å². The number of carbonyl (C=O) groups excluding carboxylic acids is 3. The number of piperazine rings is 1. The van der Waals surface area contributed by atoms with E-state index in [1.165, 1.54) is 29.2 Å². The highest BCUT2D eigenvalue weighted by Gasteiger charge is 2.51. The van der Waals surface area contributed by atoms with Gasteiger partial charge in [-0.3, -0.25) is 9.59 Å². The average Bonchev–Trinajstić information content (AvgIpc) is 3.07. The van der Waals surface area contributed by atoms with Crippen LogP contribution < -0.4 is 5.32 Å². The molecule has 2 heterocycles. The molecule has 0 spiro atoms. The highest BCUT2D eigenvalue weighted by Crippen LogP contribution is 2.30. The molecule has 11 heteroatoms. The van der Waals surface area contributed by atoms with Gasteiger partial charge in [-0.1, -0.05) is 84.9 Å². The van der Waals surface area contributed by atoms with Gasteiger partial charge in [0.25, 0.3) is 0 Å². The van der Waals surface area contributed by atoms with Crippen LogP contribution >= 0.6 is 0 Å². The molecule has 2 fully saturated rings. The molecule has 11 nitrogen and oxygen atoms in total. The molecule has 2 aliphatic rings. The van der Waals surface area contributed by atoms with E-state index in [1.807, 2.05) is 60.7 Å². The number of phenols is 1. The highest BCUT2D eigenvalue weighted by atomic mass is 16.4. The van der Waals surface area contributed by atoms with E-state index in [9.17, 15) is 29.4 Å². The molecule has 0 unspecified atom stereocenters. The number of nitrogens with one attached hydrogen (secondary N) is 1. The lowest BCUT2D eigenvalue weighted by Gasteiger charge is -2.55. The zero-order valence-electron chi connectivity index (χ0n) is 25.6. The van der Waals surface area contributed by atoms with E-state index in [4.69, 9.17) is 0 Å². The molecule has 4 aromatic rings. The molecule has 47 heavy (non-hydrogen) atoms. The van der Waals surface area contributed by atoms with Crippen molar-refractivity contribution in [3.05, 3.63) is 137 Å². The van der Waals surface area contributed by atoms with Crippen molar-refractivity contribution >= 4 is 23.8 Å². The quantitative estimate of drug-likeness (QED) is 0.255. The largest absolute Gasteiger partial charge is 0.508 e. The van der Waals surface area contributed by atoms with E-state index in [0.29, 0.717) is 5.56 Å². The van der Waals surface area contributed by atoms with Crippen LogP contribution in [0.3, 0.4) is 0 Å². The lowest BCUT2D eigenvalue weighted by molar-refractivity contribution is -0.192. The molecule has 6 rings (SSSR count). The topological polar surface area (TPSA) is 134 Å². The molecule has 0 saturated carbocycles. The van der Waals surface area contributed by atoms with Gasteiger partial charge in [-0.25, -0.2) is 19.6 Å². The van der Waals surface area contributed by atoms with Crippen LogP contribution in [0.1, 0.15) is 32.6 Å². The monoisotopic (exact) mass is 633 g/mol. The number of carboxylic acids is 1. The van der Waals surface area contributed by atoms with Crippen molar-refractivity contribution in [2.45, 2.75) is 38.3 Å². The van der Waals surface area contributed by atoms with Gasteiger partial charge in [0.05, 0.1) is 18.7 Å². The van der Waals surface area contributed by atoms with Crippen molar-refractivity contribution < 1.29 is 29.4 Å². The van der Waals surface area contributed by atoms with Crippen molar-refractivity contribution in [3.8, 4) is 5.75 Å². The number of hydrogen-bond acceptors (Lipinski definition) is 6. The van der Waals surface area contributed by atoms with Crippen LogP contribution in [0, 0.1) is 0 Å². The molecule has 2 aliphatic heterocycles. The maximum Gasteiger partial charge on any atom is 0.335 e. The van der Waals surface area contributed by atoms with Gasteiger partial charge < -0.3 is 25.3 Å². The van der Waals surface area contributed by atoms with Crippen LogP contribution in [0.4, 0.5) is 4.79 Å². The number of aromatic hydroxyl groups is 1. The summed E-state index contributed by atoms with van der Waals surface area (Å²) < 4.78 is 0. The number of aromatic carboxylic acids is 1. The first kappa shape index (κ1) is 31.3. The Kier molecular flexibility index (Phi) is 9.16. The highest BCUT2D eigenvalue weighted by molar-refractivity contribution is 5.92. The van der Waals surface area contributed by atoms with Gasteiger partial charge in [-0.15, -0.1) is 0 Å². The minimum Gasteiger partial charge on any atom is -0.508 e. The summed E-state index contributed by atoms with van der Waals surface area (Å²) in [6.07, 6.45) is -0.691. The van der Waals surface area contributed by atoms with Crippen molar-refractivity contribution in [2.75, 3.05) is 13.1 Å². The van der Waals surface area contributed by atoms with Gasteiger partial charge in [0.1, 0.15) is 18.0 Å². The summed E-state index contributed by atoms with van der Waals surface area (Å²) in [4.78, 5) is 57.2. The maximum atomic E-state index is 14.2. The van der Waals surface area contributed by atoms with Gasteiger partial charge in [-0.2, -0.15) is 0 Å². The smallest absolute Gasteiger partial charge is 0.335 e. The van der Waals surface area contributed by atoms with Gasteiger partial charge in [0.2, 0.25) is 11.8 Å². The summed E-state index contributed by atoms with van der Waals surface area (Å²) in [7, 11) is 0. The summed E-state index contributed by atoms with van der Waals surface area (Å²) in [6.45, 7) is 0.523. The van der Waals surface area contributed by atoms with E-state index >= 15 is 0 Å². The lowest BCUT2D eigenvalue weighted by atomic mass is 9.98. The molecule has 2 saturated heterocycles. The van der Waals surface area contributed by atoms with Gasteiger partial charge in [-0.05, 0) is 46.5 Å². The predicted octanol–water partition coefficient (Wildman–Crippen LogP) is 3.84. The molecular weight excluding hydrogens is 598 g/mol. The molecule has 4 amide bonds. The zero-order valence-corrected chi connectivity index (χ0v) is 25.6. The van der Waals surface area contributed by atoms with Crippen molar-refractivity contribution in [3.63, 3.8) is 0 Å². The number of fused-ring (bicyclic) bond motifs is 1. The first-order valence-corrected chi connectivity index (χ1v) is 15.4. The number of amides is 4. The Balaban J connectivity index is 1.37. The number of hydrogen-bond donors (Lipinski definition) is 3. The summed E-state index contributed by atoms with van der Waals surface area (Å²) >= 11 is 0. The number of hydrazine groups is 1. The van der Waals surface area contributed by atoms with E-state index in [-0.39, 0.29) is 62.3 Å². The molecule has 0 aromatic heterocycles. The molecular formula is C36H35N5O6. The average molecular weight is 634 g/mol. The molecule has 0 aliphatic carbocycles. The Labute approximate surface area is 272 Å². The Morgan fingerprint density at radius 1 is 0.766 bits per heavy atom. The third kappa shape index (κ3) is 7.10. The van der Waals surface area contributed by atoms with Gasteiger partial charge >= 0.3 is 12.0 Å². The second-order valence-corrected chi connectivity index (χ2v) is 11.7. The molecule has 240 valence electrons. The normalized spacial score (nSPS) is 18.2. The Morgan fingerprint density at radius 2 is 1.43 bits per heavy atom. The lowest BCUT2D eigenvalue weighted by Crippen LogP contribution is -2.76. The van der Waals surface area contributed by atoms with Crippen LogP contribution in [0.2, 0.25) is 0 Å². The molecule has 0 radical (unpaired) electrons. The SMILES string of the molecule is O=C(O)c1cccc(CN2C[C@H]3N(C(=O)CN(Cc4ccccc4)N3C(=O)NCc3ccccc3)[C@@H](Cc3ccc(O)cc3)C2=O)c1. The van der Waals surface area contributed by atoms with Crippen LogP contribution in [-0.4, -0.2) is 79.1 Å². The summed E-state index contributed by atoms with van der Waals surface area (Å²) in [5.74, 6) is -1.61. The van der Waals surface area contributed by atoms with Crippen LogP contribution in [0.25, 0.3) is 0 Å². The van der Waals surface area contributed by atoms with Crippen molar-refractivity contribution in [1.82, 2.24) is 25.1 Å². The van der Waals surface area contributed by atoms with Crippen LogP contribution in [0.15, 0.2) is 109 Å². The third-order valence-corrected chi connectivity index (χ3v) is 8.45. The Hall–Kier alpha value is -5.68. The molecule has 3 N–H and O–H groups in total. The number of urea groups is 1. The fraction of sp³-hybridized carbons (Fsp3) is 0.222. The fourth-order valence-electron chi connectivity index (χ4n) is 6.20. The van der Waals surface area contributed by atoms with Gasteiger partial charge in [0.15, 0.2) is 0 Å². The number of nitrogens with zero attached hydrogens (tertiary/aromatic N) is 4. The second-order valence-electron chi connectivity index (χ2n) is 11.7. The minimum atomic E-state index is -1.08. The van der Waals surface area contributed by atoms with E-state index < -0.39 is 24.2 Å². The Morgan fingerprint density at radius 3 is 2.11 bits per heavy atom. The number of carbonyl (C=O) groups is 4. The zero-order chi connectivity index (χ0) is 32.9. The molecule has 4 aromatic carbocycles. The summed E-state index contributed by atoms with van der Waals surface area (Å²) in [6, 6.07) is 30.5. The number of rotatable bonds is 9. The molecule has 0 bridgehead atoms. The van der Waals surface area contributed by atoms with E-state index in [2.05, 4.69) is 5.32 Å². The van der Waals surface area contributed by atoms with Gasteiger partial charge in [0, 0.05) is 26.1 Å². The number of phenolic OH excluding ortho intramolecular Hbond substituents is 1. The predicted molar refractivity (Wildman–Crippen MR) is 172 cm³/mol. The van der Waals surface area contributed by atoms with Crippen LogP contribution in [-0.2, 0) is 35.6 Å². The first-order chi connectivity index (χ1) is 22.8. The summed E-state index contributed by atoms with van der Waals surface area (Å²) in [5.41, 5.74) is 3.25. The minimum absolute atomic E-state index is 0.0119. The molecule has 2 atom stereocenters. The fourth-order valence-corrected chi connectivity index (χ4v) is 6.20. The number of benzene rings is 4. The Bertz CT molecular complexity index is 1750. The summed E-state index contributed by atoms with van der Waals surface area (Å²) in [5, 5.41) is 25.7. The van der Waals surface area contributed by atoms with E-state index in [0.717, 1.165) is 16.7 Å². The number of carboxylic acid groups (broad SMARTS) is 1. The third-order valence-electron chi connectivity index (χ3n) is 8.45. The van der Waals surface area contributed by atoms with Crippen molar-refractivity contribution in [2.24, 2.45) is 0 Å². The van der Waals surface area contributed by atoms with Crippen molar-refractivity contribution in [1.29, 1.82) is 0 Å². The maximum absolute atomic E-state index is 14.2. The first-order valence-electron chi connectivity index (χ1n) is 15.4. The standard InChI is InChI=1S/C36H35N5O6/c42-30-16-14-25(15-17-30)19-31-34(44)38(21-28-12-7-13-29(18-28)35(45)46)23-32-40(31)33(43)24-39(22-27-10-5-2-6-11-27)41(32)36(47)37-20-26-8-3-1-4-9-26/h1-18,31-32,42H,19-24H2,(H,37,47)(H,45,46)/t31-,32-/m0/s1. The van der Waals surface area contributed by atoms with E-state index in [1.54, 1.807) is 39.2 Å².